The van der Waals surface area contributed by atoms with Gasteiger partial charge < -0.3 is 25.2 Å². The fraction of sp³-hybridized carbons (Fsp3) is 0.310. The van der Waals surface area contributed by atoms with Crippen molar-refractivity contribution in [1.82, 2.24) is 0 Å². The summed E-state index contributed by atoms with van der Waals surface area (Å²) in [7, 11) is 0. The van der Waals surface area contributed by atoms with Crippen LogP contribution in [0.1, 0.15) is 49.9 Å². The maximum Gasteiger partial charge on any atom is 0.221 e. The third-order valence-corrected chi connectivity index (χ3v) is 7.29. The summed E-state index contributed by atoms with van der Waals surface area (Å²) in [5, 5.41) is 15.0. The predicted octanol–water partition coefficient (Wildman–Crippen LogP) is 5.68. The number of hydrogen-bond donors (Lipinski definition) is 3. The first-order chi connectivity index (χ1) is 17.8. The van der Waals surface area contributed by atoms with Gasteiger partial charge in [0.25, 0.3) is 0 Å². The maximum absolute atomic E-state index is 11.6. The molecule has 3 aromatic carbocycles. The van der Waals surface area contributed by atoms with Gasteiger partial charge in [-0.25, -0.2) is 0 Å². The van der Waals surface area contributed by atoms with Crippen LogP contribution in [0.3, 0.4) is 0 Å². The third kappa shape index (κ3) is 7.20. The van der Waals surface area contributed by atoms with Gasteiger partial charge in [0.15, 0.2) is 6.29 Å². The SMILES string of the molecule is CC(=O)Nc1ccc(SC[C@H]2O[C@@H](c3cccc(NC(C)=O)c3)O[C@@H](c3ccc(CO)cc3)[C@H]2C)cc1. The van der Waals surface area contributed by atoms with Gasteiger partial charge in [-0.1, -0.05) is 43.3 Å². The van der Waals surface area contributed by atoms with Crippen LogP contribution in [0.25, 0.3) is 0 Å². The van der Waals surface area contributed by atoms with Crippen molar-refractivity contribution in [3.8, 4) is 0 Å². The van der Waals surface area contributed by atoms with Crippen LogP contribution in [-0.4, -0.2) is 28.8 Å². The number of benzene rings is 3. The minimum atomic E-state index is -0.611. The lowest BCUT2D eigenvalue weighted by Crippen LogP contribution is -2.38. The number of aliphatic hydroxyl groups excluding tert-OH is 1. The number of carbonyl (C=O) groups excluding carboxylic acids is 2. The summed E-state index contributed by atoms with van der Waals surface area (Å²) in [6, 6.07) is 23.1. The lowest BCUT2D eigenvalue weighted by molar-refractivity contribution is -0.268. The van der Waals surface area contributed by atoms with E-state index in [1.165, 1.54) is 13.8 Å². The monoisotopic (exact) mass is 520 g/mol. The Morgan fingerprint density at radius 1 is 0.865 bits per heavy atom. The van der Waals surface area contributed by atoms with Crippen molar-refractivity contribution >= 4 is 35.0 Å². The van der Waals surface area contributed by atoms with Crippen molar-refractivity contribution in [1.29, 1.82) is 0 Å². The normalized spacial score (nSPS) is 21.3. The lowest BCUT2D eigenvalue weighted by Gasteiger charge is -2.41. The van der Waals surface area contributed by atoms with Crippen LogP contribution in [0.4, 0.5) is 11.4 Å². The molecule has 1 aliphatic rings. The van der Waals surface area contributed by atoms with Gasteiger partial charge in [0.2, 0.25) is 11.8 Å². The van der Waals surface area contributed by atoms with E-state index in [4.69, 9.17) is 9.47 Å². The quantitative estimate of drug-likeness (QED) is 0.331. The molecule has 1 fully saturated rings. The number of nitrogens with one attached hydrogen (secondary N) is 2. The molecule has 0 aliphatic carbocycles. The second-order valence-corrected chi connectivity index (χ2v) is 10.2. The highest BCUT2D eigenvalue weighted by molar-refractivity contribution is 7.99. The molecule has 0 spiro atoms. The van der Waals surface area contributed by atoms with Crippen molar-refractivity contribution in [2.45, 2.75) is 50.8 Å². The topological polar surface area (TPSA) is 96.9 Å². The van der Waals surface area contributed by atoms with Crippen LogP contribution < -0.4 is 10.6 Å². The number of hydrogen-bond acceptors (Lipinski definition) is 6. The molecule has 194 valence electrons. The molecule has 4 rings (SSSR count). The first-order valence-corrected chi connectivity index (χ1v) is 13.2. The Balaban J connectivity index is 1.55. The molecule has 0 saturated carbocycles. The van der Waals surface area contributed by atoms with Crippen molar-refractivity contribution in [3.63, 3.8) is 0 Å². The third-order valence-electron chi connectivity index (χ3n) is 6.19. The van der Waals surface area contributed by atoms with E-state index in [-0.39, 0.29) is 36.5 Å². The van der Waals surface area contributed by atoms with Crippen molar-refractivity contribution in [3.05, 3.63) is 89.5 Å². The zero-order chi connectivity index (χ0) is 26.4. The van der Waals surface area contributed by atoms with Crippen LogP contribution in [0.5, 0.6) is 0 Å². The molecule has 7 nitrogen and oxygen atoms in total. The highest BCUT2D eigenvalue weighted by Gasteiger charge is 2.38. The molecular weight excluding hydrogens is 488 g/mol. The molecule has 1 aliphatic heterocycles. The van der Waals surface area contributed by atoms with E-state index in [1.54, 1.807) is 11.8 Å². The number of carbonyl (C=O) groups is 2. The van der Waals surface area contributed by atoms with Crippen LogP contribution in [0.2, 0.25) is 0 Å². The van der Waals surface area contributed by atoms with Gasteiger partial charge in [-0.2, -0.15) is 0 Å². The molecule has 4 atom stereocenters. The van der Waals surface area contributed by atoms with Gasteiger partial charge in [-0.15, -0.1) is 11.8 Å². The summed E-state index contributed by atoms with van der Waals surface area (Å²) in [6.07, 6.45) is -0.950. The summed E-state index contributed by atoms with van der Waals surface area (Å²) in [4.78, 5) is 23.9. The first-order valence-electron chi connectivity index (χ1n) is 12.2. The summed E-state index contributed by atoms with van der Waals surface area (Å²) in [5.74, 6) is 0.520. The van der Waals surface area contributed by atoms with Crippen molar-refractivity contribution < 1.29 is 24.2 Å². The van der Waals surface area contributed by atoms with E-state index in [2.05, 4.69) is 17.6 Å². The Hall–Kier alpha value is -3.17. The van der Waals surface area contributed by atoms with Crippen LogP contribution >= 0.6 is 11.8 Å². The van der Waals surface area contributed by atoms with Gasteiger partial charge in [0.1, 0.15) is 0 Å². The van der Waals surface area contributed by atoms with Crippen LogP contribution in [0.15, 0.2) is 77.7 Å². The van der Waals surface area contributed by atoms with Gasteiger partial charge in [-0.3, -0.25) is 9.59 Å². The van der Waals surface area contributed by atoms with Gasteiger partial charge in [-0.05, 0) is 47.5 Å². The molecule has 1 saturated heterocycles. The Labute approximate surface area is 221 Å². The van der Waals surface area contributed by atoms with E-state index in [9.17, 15) is 14.7 Å². The number of ether oxygens (including phenoxy) is 2. The van der Waals surface area contributed by atoms with Gasteiger partial charge in [0, 0.05) is 47.4 Å². The van der Waals surface area contributed by atoms with E-state index in [1.807, 2.05) is 72.8 Å². The molecule has 3 N–H and O–H groups in total. The summed E-state index contributed by atoms with van der Waals surface area (Å²) >= 11 is 1.69. The molecule has 0 bridgehead atoms. The Bertz CT molecular complexity index is 1220. The summed E-state index contributed by atoms with van der Waals surface area (Å²) < 4.78 is 13.0. The van der Waals surface area contributed by atoms with Crippen molar-refractivity contribution in [2.24, 2.45) is 5.92 Å². The largest absolute Gasteiger partial charge is 0.392 e. The van der Waals surface area contributed by atoms with Gasteiger partial charge in [0.05, 0.1) is 18.8 Å². The number of rotatable bonds is 8. The second-order valence-electron chi connectivity index (χ2n) is 9.15. The lowest BCUT2D eigenvalue weighted by atomic mass is 9.91. The molecule has 37 heavy (non-hydrogen) atoms. The molecular formula is C29H32N2O5S. The summed E-state index contributed by atoms with van der Waals surface area (Å²) in [5.41, 5.74) is 4.14. The average Bonchev–Trinajstić information content (AvgIpc) is 2.88. The molecule has 0 unspecified atom stereocenters. The molecule has 3 aromatic rings. The minimum absolute atomic E-state index is 0.0109. The Morgan fingerprint density at radius 2 is 1.54 bits per heavy atom. The van der Waals surface area contributed by atoms with E-state index in [0.29, 0.717) is 11.4 Å². The molecule has 1 heterocycles. The number of anilines is 2. The number of thioether (sulfide) groups is 1. The number of amides is 2. The second kappa shape index (κ2) is 12.4. The first kappa shape index (κ1) is 26.9. The average molecular weight is 521 g/mol. The highest BCUT2D eigenvalue weighted by atomic mass is 32.2. The standard InChI is InChI=1S/C29H32N2O5S/c1-18-27(17-37-26-13-11-24(12-14-26)30-19(2)33)35-29(23-5-4-6-25(15-23)31-20(3)34)36-28(18)22-9-7-21(16-32)8-10-22/h4-15,18,27-29,32H,16-17H2,1-3H3,(H,30,33)(H,31,34)/t18-,27+,28+,29+/m0/s1. The zero-order valence-electron chi connectivity index (χ0n) is 21.1. The molecule has 8 heteroatoms. The van der Waals surface area contributed by atoms with E-state index in [0.717, 1.165) is 27.3 Å². The predicted molar refractivity (Wildman–Crippen MR) is 145 cm³/mol. The summed E-state index contributed by atoms with van der Waals surface area (Å²) in [6.45, 7) is 5.08. The van der Waals surface area contributed by atoms with Gasteiger partial charge >= 0.3 is 0 Å². The fourth-order valence-electron chi connectivity index (χ4n) is 4.29. The molecule has 0 radical (unpaired) electrons. The maximum atomic E-state index is 11.6. The fourth-order valence-corrected chi connectivity index (χ4v) is 5.36. The Morgan fingerprint density at radius 3 is 2.19 bits per heavy atom. The van der Waals surface area contributed by atoms with Crippen molar-refractivity contribution in [2.75, 3.05) is 16.4 Å². The molecule has 2 amide bonds. The van der Waals surface area contributed by atoms with E-state index >= 15 is 0 Å². The minimum Gasteiger partial charge on any atom is -0.392 e. The number of aliphatic hydroxyl groups is 1. The highest BCUT2D eigenvalue weighted by Crippen LogP contribution is 2.43. The zero-order valence-corrected chi connectivity index (χ0v) is 22.0. The Kier molecular flexibility index (Phi) is 9.00. The van der Waals surface area contributed by atoms with E-state index < -0.39 is 6.29 Å². The van der Waals surface area contributed by atoms with Crippen LogP contribution in [-0.2, 0) is 25.7 Å². The molecule has 0 aromatic heterocycles. The smallest absolute Gasteiger partial charge is 0.221 e. The van der Waals surface area contributed by atoms with Crippen LogP contribution in [0, 0.1) is 5.92 Å².